The minimum Gasteiger partial charge on any atom is -0.492 e. The second kappa shape index (κ2) is 9.78. The SMILES string of the molecule is COC(=O)C[C@@H]1COc2cc(O[C@@H]3CCc4c3ccc(C(F)(F)F)c4CN3CCC(F)(F)CC3)ccc21. The van der Waals surface area contributed by atoms with Crippen LogP contribution in [0.3, 0.4) is 0 Å². The predicted molar refractivity (Wildman–Crippen MR) is 124 cm³/mol. The number of halogens is 5. The van der Waals surface area contributed by atoms with Crippen molar-refractivity contribution in [3.05, 3.63) is 58.1 Å². The molecule has 5 rings (SSSR count). The van der Waals surface area contributed by atoms with Gasteiger partial charge in [-0.2, -0.15) is 13.2 Å². The van der Waals surface area contributed by atoms with Gasteiger partial charge in [0.15, 0.2) is 0 Å². The van der Waals surface area contributed by atoms with Crippen molar-refractivity contribution in [2.75, 3.05) is 26.8 Å². The molecule has 1 saturated heterocycles. The molecule has 0 radical (unpaired) electrons. The number of nitrogens with zero attached hydrogens (tertiary/aromatic N) is 1. The lowest BCUT2D eigenvalue weighted by atomic mass is 9.95. The third-order valence-corrected chi connectivity index (χ3v) is 7.53. The fourth-order valence-electron chi connectivity index (χ4n) is 5.52. The molecule has 0 amide bonds. The van der Waals surface area contributed by atoms with E-state index in [1.54, 1.807) is 17.0 Å². The average molecular weight is 526 g/mol. The van der Waals surface area contributed by atoms with E-state index in [1.807, 2.05) is 6.07 Å². The van der Waals surface area contributed by atoms with Gasteiger partial charge in [0.05, 0.1) is 25.7 Å². The zero-order valence-electron chi connectivity index (χ0n) is 20.4. The molecule has 3 aliphatic rings. The summed E-state index contributed by atoms with van der Waals surface area (Å²) in [6.07, 6.45) is -4.56. The Kier molecular flexibility index (Phi) is 6.81. The fourth-order valence-corrected chi connectivity index (χ4v) is 5.52. The first-order valence-electron chi connectivity index (χ1n) is 12.4. The van der Waals surface area contributed by atoms with Crippen molar-refractivity contribution < 1.29 is 41.0 Å². The molecule has 2 aromatic carbocycles. The highest BCUT2D eigenvalue weighted by molar-refractivity contribution is 5.71. The molecule has 0 N–H and O–H groups in total. The van der Waals surface area contributed by atoms with Gasteiger partial charge in [0.25, 0.3) is 5.92 Å². The van der Waals surface area contributed by atoms with Crippen molar-refractivity contribution in [2.45, 2.75) is 62.8 Å². The molecule has 0 bridgehead atoms. The Morgan fingerprint density at radius 1 is 1.14 bits per heavy atom. The summed E-state index contributed by atoms with van der Waals surface area (Å²) in [5, 5.41) is 0. The molecule has 10 heteroatoms. The summed E-state index contributed by atoms with van der Waals surface area (Å²) in [5.74, 6) is -2.06. The third kappa shape index (κ3) is 5.39. The number of carbonyl (C=O) groups is 1. The van der Waals surface area contributed by atoms with Crippen LogP contribution in [0.2, 0.25) is 0 Å². The number of benzene rings is 2. The number of carbonyl (C=O) groups excluding carboxylic acids is 1. The van der Waals surface area contributed by atoms with Crippen molar-refractivity contribution in [2.24, 2.45) is 0 Å². The minimum atomic E-state index is -4.54. The molecular formula is C27H28F5NO4. The number of piperidine rings is 1. The lowest BCUT2D eigenvalue weighted by molar-refractivity contribution is -0.141. The van der Waals surface area contributed by atoms with Gasteiger partial charge in [-0.3, -0.25) is 9.69 Å². The van der Waals surface area contributed by atoms with E-state index in [9.17, 15) is 26.7 Å². The highest BCUT2D eigenvalue weighted by Crippen LogP contribution is 2.44. The Balaban J connectivity index is 1.36. The molecule has 37 heavy (non-hydrogen) atoms. The number of alkyl halides is 5. The van der Waals surface area contributed by atoms with Crippen molar-refractivity contribution >= 4 is 5.97 Å². The Morgan fingerprint density at radius 3 is 2.57 bits per heavy atom. The number of esters is 1. The smallest absolute Gasteiger partial charge is 0.416 e. The van der Waals surface area contributed by atoms with Crippen LogP contribution in [0, 0.1) is 0 Å². The Morgan fingerprint density at radius 2 is 1.86 bits per heavy atom. The van der Waals surface area contributed by atoms with Crippen LogP contribution < -0.4 is 9.47 Å². The number of ether oxygens (including phenoxy) is 3. The maximum atomic E-state index is 13.9. The Bertz CT molecular complexity index is 1170. The molecule has 2 aromatic rings. The van der Waals surface area contributed by atoms with Crippen LogP contribution in [0.1, 0.15) is 65.5 Å². The first kappa shape index (κ1) is 25.8. The molecule has 2 atom stereocenters. The average Bonchev–Trinajstić information content (AvgIpc) is 3.44. The normalized spacial score (nSPS) is 22.8. The molecule has 0 aromatic heterocycles. The standard InChI is InChI=1S/C27H28F5NO4/c1-35-25(34)12-16-15-36-24-13-17(2-3-18(16)24)37-23-7-5-19-20(23)4-6-22(27(30,31)32)21(19)14-33-10-8-26(28,29)9-11-33/h2-4,6,13,16,23H,5,7-12,14-15H2,1H3/t16-,23-/m1/s1. The van der Waals surface area contributed by atoms with Gasteiger partial charge in [0.1, 0.15) is 17.6 Å². The summed E-state index contributed by atoms with van der Waals surface area (Å²) in [6, 6.07) is 7.90. The van der Waals surface area contributed by atoms with Gasteiger partial charge in [-0.15, -0.1) is 0 Å². The number of hydrogen-bond acceptors (Lipinski definition) is 5. The van der Waals surface area contributed by atoms with Gasteiger partial charge in [-0.05, 0) is 41.7 Å². The van der Waals surface area contributed by atoms with Crippen molar-refractivity contribution in [3.8, 4) is 11.5 Å². The molecule has 0 spiro atoms. The van der Waals surface area contributed by atoms with Crippen LogP contribution in [-0.2, 0) is 28.7 Å². The number of rotatable bonds is 6. The predicted octanol–water partition coefficient (Wildman–Crippen LogP) is 6.04. The first-order valence-corrected chi connectivity index (χ1v) is 12.4. The van der Waals surface area contributed by atoms with Crippen molar-refractivity contribution in [1.29, 1.82) is 0 Å². The van der Waals surface area contributed by atoms with Gasteiger partial charge in [-0.1, -0.05) is 12.1 Å². The van der Waals surface area contributed by atoms with E-state index in [2.05, 4.69) is 0 Å². The van der Waals surface area contributed by atoms with Crippen LogP contribution in [0.4, 0.5) is 22.0 Å². The van der Waals surface area contributed by atoms with Crippen LogP contribution in [0.5, 0.6) is 11.5 Å². The Hall–Kier alpha value is -2.88. The summed E-state index contributed by atoms with van der Waals surface area (Å²) in [7, 11) is 1.34. The molecule has 200 valence electrons. The van der Waals surface area contributed by atoms with Gasteiger partial charge in [0.2, 0.25) is 0 Å². The van der Waals surface area contributed by atoms with Crippen LogP contribution in [-0.4, -0.2) is 43.6 Å². The molecule has 2 heterocycles. The maximum Gasteiger partial charge on any atom is 0.416 e. The van der Waals surface area contributed by atoms with Gasteiger partial charge in [-0.25, -0.2) is 8.78 Å². The molecular weight excluding hydrogens is 497 g/mol. The molecule has 5 nitrogen and oxygen atoms in total. The highest BCUT2D eigenvalue weighted by Gasteiger charge is 2.40. The fraction of sp³-hybridized carbons (Fsp3) is 0.519. The monoisotopic (exact) mass is 525 g/mol. The highest BCUT2D eigenvalue weighted by atomic mass is 19.4. The third-order valence-electron chi connectivity index (χ3n) is 7.53. The van der Waals surface area contributed by atoms with E-state index in [-0.39, 0.29) is 56.3 Å². The first-order chi connectivity index (χ1) is 17.5. The molecule has 0 saturated carbocycles. The van der Waals surface area contributed by atoms with E-state index < -0.39 is 23.8 Å². The van der Waals surface area contributed by atoms with Crippen LogP contribution >= 0.6 is 0 Å². The van der Waals surface area contributed by atoms with E-state index in [4.69, 9.17) is 14.2 Å². The molecule has 1 fully saturated rings. The van der Waals surface area contributed by atoms with Gasteiger partial charge in [0, 0.05) is 50.0 Å². The van der Waals surface area contributed by atoms with Crippen molar-refractivity contribution in [1.82, 2.24) is 4.90 Å². The largest absolute Gasteiger partial charge is 0.492 e. The number of fused-ring (bicyclic) bond motifs is 2. The van der Waals surface area contributed by atoms with Gasteiger partial charge < -0.3 is 14.2 Å². The zero-order chi connectivity index (χ0) is 26.4. The van der Waals surface area contributed by atoms with Crippen molar-refractivity contribution in [3.63, 3.8) is 0 Å². The van der Waals surface area contributed by atoms with Crippen LogP contribution in [0.15, 0.2) is 30.3 Å². The lowest BCUT2D eigenvalue weighted by Crippen LogP contribution is -2.39. The maximum absolute atomic E-state index is 13.9. The molecule has 0 unspecified atom stereocenters. The quantitative estimate of drug-likeness (QED) is 0.340. The number of likely N-dealkylation sites (tertiary alicyclic amines) is 1. The lowest BCUT2D eigenvalue weighted by Gasteiger charge is -2.33. The summed E-state index contributed by atoms with van der Waals surface area (Å²) >= 11 is 0. The Labute approximate surface area is 211 Å². The topological polar surface area (TPSA) is 48.0 Å². The van der Waals surface area contributed by atoms with E-state index in [0.29, 0.717) is 42.1 Å². The van der Waals surface area contributed by atoms with E-state index >= 15 is 0 Å². The summed E-state index contributed by atoms with van der Waals surface area (Å²) < 4.78 is 85.5. The van der Waals surface area contributed by atoms with E-state index in [0.717, 1.165) is 11.6 Å². The second-order valence-electron chi connectivity index (χ2n) is 9.92. The molecule has 1 aliphatic carbocycles. The van der Waals surface area contributed by atoms with E-state index in [1.165, 1.54) is 13.2 Å². The zero-order valence-corrected chi connectivity index (χ0v) is 20.4. The summed E-state index contributed by atoms with van der Waals surface area (Å²) in [6.45, 7) is 0.446. The second-order valence-corrected chi connectivity index (χ2v) is 9.92. The molecule has 2 aliphatic heterocycles. The number of methoxy groups -OCH3 is 1. The van der Waals surface area contributed by atoms with Crippen LogP contribution in [0.25, 0.3) is 0 Å². The summed E-state index contributed by atoms with van der Waals surface area (Å²) in [4.78, 5) is 13.3. The minimum absolute atomic E-state index is 0.0188. The number of hydrogen-bond donors (Lipinski definition) is 0. The van der Waals surface area contributed by atoms with Gasteiger partial charge >= 0.3 is 12.1 Å². The summed E-state index contributed by atoms with van der Waals surface area (Å²) in [5.41, 5.74) is 1.60.